The van der Waals surface area contributed by atoms with Crippen molar-refractivity contribution >= 4 is 0 Å². The molecule has 1 unspecified atom stereocenters. The van der Waals surface area contributed by atoms with Gasteiger partial charge in [0.2, 0.25) is 0 Å². The number of nitrogens with one attached hydrogen (secondary N) is 1. The molecule has 4 nitrogen and oxygen atoms in total. The molecule has 0 saturated heterocycles. The smallest absolute Gasteiger partial charge is 0.0946 e. The molecule has 2 N–H and O–H groups in total. The largest absolute Gasteiger partial charge is 0.396 e. The number of hydrogen-bond acceptors (Lipinski definition) is 3. The zero-order valence-electron chi connectivity index (χ0n) is 12.3. The van der Waals surface area contributed by atoms with Gasteiger partial charge in [-0.05, 0) is 5.41 Å². The summed E-state index contributed by atoms with van der Waals surface area (Å²) in [6.45, 7) is 12.7. The van der Waals surface area contributed by atoms with Crippen LogP contribution in [0, 0.1) is 10.8 Å². The van der Waals surface area contributed by atoms with Gasteiger partial charge < -0.3 is 15.0 Å². The van der Waals surface area contributed by atoms with Gasteiger partial charge in [-0.2, -0.15) is 0 Å². The molecule has 4 heteroatoms. The lowest BCUT2D eigenvalue weighted by molar-refractivity contribution is 0.137. The summed E-state index contributed by atoms with van der Waals surface area (Å²) in [5, 5.41) is 12.9. The number of nitrogens with zero attached hydrogens (tertiary/aromatic N) is 2. The van der Waals surface area contributed by atoms with Crippen LogP contribution in [0.1, 0.15) is 34.6 Å². The summed E-state index contributed by atoms with van der Waals surface area (Å²) in [5.74, 6) is 0. The van der Waals surface area contributed by atoms with Crippen molar-refractivity contribution in [3.05, 3.63) is 18.7 Å². The van der Waals surface area contributed by atoms with E-state index in [0.29, 0.717) is 6.04 Å². The van der Waals surface area contributed by atoms with Crippen molar-refractivity contribution in [2.45, 2.75) is 47.2 Å². The Kier molecular flexibility index (Phi) is 4.93. The average Bonchev–Trinajstić information content (AvgIpc) is 2.75. The zero-order valence-corrected chi connectivity index (χ0v) is 12.3. The van der Waals surface area contributed by atoms with Gasteiger partial charge in [0.1, 0.15) is 0 Å². The summed E-state index contributed by atoms with van der Waals surface area (Å²) in [6.07, 6.45) is 5.63. The molecular weight excluding hydrogens is 226 g/mol. The molecule has 0 aliphatic carbocycles. The van der Waals surface area contributed by atoms with E-state index < -0.39 is 0 Å². The first-order chi connectivity index (χ1) is 8.24. The molecule has 1 heterocycles. The maximum Gasteiger partial charge on any atom is 0.0946 e. The molecule has 0 bridgehead atoms. The van der Waals surface area contributed by atoms with E-state index in [2.05, 4.69) is 49.5 Å². The Morgan fingerprint density at radius 3 is 2.39 bits per heavy atom. The van der Waals surface area contributed by atoms with Gasteiger partial charge in [0, 0.05) is 43.5 Å². The Bertz CT molecular complexity index is 338. The van der Waals surface area contributed by atoms with Crippen LogP contribution in [0.15, 0.2) is 18.7 Å². The standard InChI is InChI=1S/C14H27N3O/c1-13(2,3)12(8-17-7-6-15-11-17)16-9-14(4,5)10-18/h6-7,11-12,16,18H,8-10H2,1-5H3. The van der Waals surface area contributed by atoms with Gasteiger partial charge in [-0.3, -0.25) is 0 Å². The highest BCUT2D eigenvalue weighted by Crippen LogP contribution is 2.22. The third-order valence-corrected chi connectivity index (χ3v) is 3.25. The van der Waals surface area contributed by atoms with Crippen molar-refractivity contribution in [2.24, 2.45) is 10.8 Å². The summed E-state index contributed by atoms with van der Waals surface area (Å²) in [5.41, 5.74) is 0.0776. The first kappa shape index (κ1) is 15.2. The van der Waals surface area contributed by atoms with Crippen LogP contribution in [-0.4, -0.2) is 33.9 Å². The lowest BCUT2D eigenvalue weighted by atomic mass is 9.85. The molecule has 0 radical (unpaired) electrons. The molecule has 0 aliphatic rings. The minimum atomic E-state index is -0.0849. The van der Waals surface area contributed by atoms with Gasteiger partial charge in [-0.15, -0.1) is 0 Å². The first-order valence-corrected chi connectivity index (χ1v) is 6.54. The predicted octanol–water partition coefficient (Wildman–Crippen LogP) is 1.91. The molecule has 1 rings (SSSR count). The monoisotopic (exact) mass is 253 g/mol. The van der Waals surface area contributed by atoms with Crippen molar-refractivity contribution in [3.8, 4) is 0 Å². The number of aromatic nitrogens is 2. The molecule has 0 spiro atoms. The highest BCUT2D eigenvalue weighted by Gasteiger charge is 2.27. The SMILES string of the molecule is CC(C)(CO)CNC(Cn1ccnc1)C(C)(C)C. The quantitative estimate of drug-likeness (QED) is 0.814. The minimum Gasteiger partial charge on any atom is -0.396 e. The summed E-state index contributed by atoms with van der Waals surface area (Å²) in [7, 11) is 0. The number of aliphatic hydroxyl groups excluding tert-OH is 1. The molecule has 0 aliphatic heterocycles. The Morgan fingerprint density at radius 1 is 1.28 bits per heavy atom. The fourth-order valence-corrected chi connectivity index (χ4v) is 1.71. The summed E-state index contributed by atoms with van der Waals surface area (Å²) in [4.78, 5) is 4.08. The van der Waals surface area contributed by atoms with E-state index in [1.54, 1.807) is 6.20 Å². The second-order valence-electron chi connectivity index (χ2n) is 6.88. The minimum absolute atomic E-state index is 0.0849. The maximum absolute atomic E-state index is 9.31. The molecule has 0 aromatic carbocycles. The Balaban J connectivity index is 2.63. The molecule has 0 saturated carbocycles. The van der Waals surface area contributed by atoms with E-state index in [9.17, 15) is 5.11 Å². The van der Waals surface area contributed by atoms with E-state index in [1.807, 2.05) is 12.5 Å². The Hall–Kier alpha value is -0.870. The lowest BCUT2D eigenvalue weighted by Gasteiger charge is -2.35. The molecule has 104 valence electrons. The van der Waals surface area contributed by atoms with Crippen molar-refractivity contribution in [1.82, 2.24) is 14.9 Å². The second-order valence-corrected chi connectivity index (χ2v) is 6.88. The maximum atomic E-state index is 9.31. The van der Waals surface area contributed by atoms with Crippen molar-refractivity contribution in [2.75, 3.05) is 13.2 Å². The molecule has 0 amide bonds. The van der Waals surface area contributed by atoms with E-state index in [0.717, 1.165) is 13.1 Å². The van der Waals surface area contributed by atoms with Crippen LogP contribution in [0.2, 0.25) is 0 Å². The van der Waals surface area contributed by atoms with Gasteiger partial charge in [0.05, 0.1) is 6.33 Å². The van der Waals surface area contributed by atoms with Crippen LogP contribution in [0.4, 0.5) is 0 Å². The van der Waals surface area contributed by atoms with E-state index >= 15 is 0 Å². The van der Waals surface area contributed by atoms with Crippen LogP contribution < -0.4 is 5.32 Å². The first-order valence-electron chi connectivity index (χ1n) is 6.54. The summed E-state index contributed by atoms with van der Waals surface area (Å²) < 4.78 is 2.09. The molecule has 1 atom stereocenters. The third kappa shape index (κ3) is 4.78. The van der Waals surface area contributed by atoms with Crippen LogP contribution in [0.25, 0.3) is 0 Å². The van der Waals surface area contributed by atoms with Gasteiger partial charge in [-0.25, -0.2) is 4.98 Å². The van der Waals surface area contributed by atoms with Gasteiger partial charge in [0.15, 0.2) is 0 Å². The van der Waals surface area contributed by atoms with Crippen molar-refractivity contribution in [3.63, 3.8) is 0 Å². The Labute approximate surface area is 110 Å². The van der Waals surface area contributed by atoms with Crippen molar-refractivity contribution in [1.29, 1.82) is 0 Å². The number of hydrogen-bond donors (Lipinski definition) is 2. The van der Waals surface area contributed by atoms with Crippen LogP contribution in [0.5, 0.6) is 0 Å². The van der Waals surface area contributed by atoms with Gasteiger partial charge in [0.25, 0.3) is 0 Å². The molecule has 0 fully saturated rings. The zero-order chi connectivity index (χ0) is 13.8. The van der Waals surface area contributed by atoms with Crippen molar-refractivity contribution < 1.29 is 5.11 Å². The Morgan fingerprint density at radius 2 is 1.94 bits per heavy atom. The molecular formula is C14H27N3O. The van der Waals surface area contributed by atoms with E-state index in [4.69, 9.17) is 0 Å². The molecule has 1 aromatic heterocycles. The van der Waals surface area contributed by atoms with Crippen LogP contribution in [-0.2, 0) is 6.54 Å². The molecule has 1 aromatic rings. The highest BCUT2D eigenvalue weighted by molar-refractivity contribution is 4.86. The highest BCUT2D eigenvalue weighted by atomic mass is 16.3. The lowest BCUT2D eigenvalue weighted by Crippen LogP contribution is -2.47. The predicted molar refractivity (Wildman–Crippen MR) is 74.3 cm³/mol. The van der Waals surface area contributed by atoms with Crippen LogP contribution in [0.3, 0.4) is 0 Å². The van der Waals surface area contributed by atoms with Crippen LogP contribution >= 0.6 is 0 Å². The summed E-state index contributed by atoms with van der Waals surface area (Å²) in [6, 6.07) is 0.345. The van der Waals surface area contributed by atoms with E-state index in [-0.39, 0.29) is 17.4 Å². The molecule has 18 heavy (non-hydrogen) atoms. The average molecular weight is 253 g/mol. The van der Waals surface area contributed by atoms with E-state index in [1.165, 1.54) is 0 Å². The fraction of sp³-hybridized carbons (Fsp3) is 0.786. The summed E-state index contributed by atoms with van der Waals surface area (Å²) >= 11 is 0. The number of aliphatic hydroxyl groups is 1. The van der Waals surface area contributed by atoms with Gasteiger partial charge >= 0.3 is 0 Å². The second kappa shape index (κ2) is 5.85. The number of imidazole rings is 1. The topological polar surface area (TPSA) is 50.1 Å². The third-order valence-electron chi connectivity index (χ3n) is 3.25. The normalized spacial score (nSPS) is 14.8. The fourth-order valence-electron chi connectivity index (χ4n) is 1.71. The number of rotatable bonds is 6. The van der Waals surface area contributed by atoms with Gasteiger partial charge in [-0.1, -0.05) is 34.6 Å².